The first-order chi connectivity index (χ1) is 8.31. The van der Waals surface area contributed by atoms with E-state index >= 15 is 0 Å². The van der Waals surface area contributed by atoms with E-state index < -0.39 is 0 Å². The lowest BCUT2D eigenvalue weighted by Crippen LogP contribution is -2.10. The first kappa shape index (κ1) is 12.1. The molecule has 0 saturated carbocycles. The Labute approximate surface area is 106 Å². The van der Waals surface area contributed by atoms with Gasteiger partial charge >= 0.3 is 0 Å². The zero-order chi connectivity index (χ0) is 12.1. The Balaban J connectivity index is 2.32. The number of aromatic nitrogens is 1. The number of hydrogen-bond acceptors (Lipinski definition) is 2. The molecule has 0 unspecified atom stereocenters. The summed E-state index contributed by atoms with van der Waals surface area (Å²) in [6.07, 6.45) is 2.70. The molecule has 0 saturated heterocycles. The number of nitrogens with two attached hydrogens (primary N) is 1. The molecule has 1 aromatic carbocycles. The van der Waals surface area contributed by atoms with E-state index in [9.17, 15) is 0 Å². The number of rotatable bonds is 4. The third-order valence-corrected chi connectivity index (χ3v) is 3.02. The molecule has 0 bridgehead atoms. The highest BCUT2D eigenvalue weighted by molar-refractivity contribution is 6.30. The summed E-state index contributed by atoms with van der Waals surface area (Å²) in [6, 6.07) is 13.9. The summed E-state index contributed by atoms with van der Waals surface area (Å²) in [5.74, 6) is 0.249. The topological polar surface area (TPSA) is 38.9 Å². The molecule has 2 aromatic rings. The molecule has 88 valence electrons. The normalized spacial score (nSPS) is 12.4. The Kier molecular flexibility index (Phi) is 4.13. The van der Waals surface area contributed by atoms with E-state index in [0.717, 1.165) is 17.1 Å². The van der Waals surface area contributed by atoms with Crippen LogP contribution in [0.3, 0.4) is 0 Å². The molecule has 17 heavy (non-hydrogen) atoms. The monoisotopic (exact) mass is 246 g/mol. The third-order valence-electron chi connectivity index (χ3n) is 2.77. The Bertz CT molecular complexity index is 453. The number of hydrogen-bond donors (Lipinski definition) is 1. The largest absolute Gasteiger partial charge is 0.330 e. The first-order valence-corrected chi connectivity index (χ1v) is 6.05. The molecular weight excluding hydrogens is 232 g/mol. The SMILES string of the molecule is NCC[C@@H](c1ccc(Cl)cc1)c1ccccn1. The van der Waals surface area contributed by atoms with Crippen LogP contribution in [0.15, 0.2) is 48.7 Å². The molecule has 0 aliphatic heterocycles. The Morgan fingerprint density at radius 3 is 2.47 bits per heavy atom. The molecule has 0 radical (unpaired) electrons. The van der Waals surface area contributed by atoms with Gasteiger partial charge in [-0.15, -0.1) is 0 Å². The van der Waals surface area contributed by atoms with Crippen molar-refractivity contribution in [3.05, 3.63) is 64.9 Å². The van der Waals surface area contributed by atoms with Crippen LogP contribution in [-0.4, -0.2) is 11.5 Å². The van der Waals surface area contributed by atoms with E-state index in [2.05, 4.69) is 4.98 Å². The van der Waals surface area contributed by atoms with Crippen LogP contribution in [0, 0.1) is 0 Å². The zero-order valence-corrected chi connectivity index (χ0v) is 10.3. The Morgan fingerprint density at radius 1 is 1.12 bits per heavy atom. The van der Waals surface area contributed by atoms with E-state index in [4.69, 9.17) is 17.3 Å². The Hall–Kier alpha value is -1.38. The maximum Gasteiger partial charge on any atom is 0.0478 e. The molecule has 2 rings (SSSR count). The van der Waals surface area contributed by atoms with Crippen molar-refractivity contribution in [2.45, 2.75) is 12.3 Å². The van der Waals surface area contributed by atoms with Crippen LogP contribution in [0.4, 0.5) is 0 Å². The molecule has 3 heteroatoms. The molecule has 1 heterocycles. The minimum atomic E-state index is 0.249. The van der Waals surface area contributed by atoms with Crippen molar-refractivity contribution < 1.29 is 0 Å². The zero-order valence-electron chi connectivity index (χ0n) is 9.51. The van der Waals surface area contributed by atoms with Crippen molar-refractivity contribution >= 4 is 11.6 Å². The van der Waals surface area contributed by atoms with Crippen molar-refractivity contribution in [2.75, 3.05) is 6.54 Å². The highest BCUT2D eigenvalue weighted by Gasteiger charge is 2.14. The van der Waals surface area contributed by atoms with E-state index in [1.54, 1.807) is 0 Å². The molecule has 1 aromatic heterocycles. The maximum absolute atomic E-state index is 5.90. The lowest BCUT2D eigenvalue weighted by Gasteiger charge is -2.16. The average Bonchev–Trinajstić information content (AvgIpc) is 2.38. The van der Waals surface area contributed by atoms with Crippen LogP contribution in [0.5, 0.6) is 0 Å². The number of halogens is 1. The van der Waals surface area contributed by atoms with Crippen LogP contribution < -0.4 is 5.73 Å². The second-order valence-electron chi connectivity index (χ2n) is 3.94. The van der Waals surface area contributed by atoms with Gasteiger partial charge in [0.15, 0.2) is 0 Å². The fraction of sp³-hybridized carbons (Fsp3) is 0.214. The average molecular weight is 247 g/mol. The van der Waals surface area contributed by atoms with Crippen molar-refractivity contribution in [2.24, 2.45) is 5.73 Å². The summed E-state index contributed by atoms with van der Waals surface area (Å²) in [4.78, 5) is 4.41. The molecule has 2 nitrogen and oxygen atoms in total. The maximum atomic E-state index is 5.90. The summed E-state index contributed by atoms with van der Waals surface area (Å²) in [6.45, 7) is 0.643. The van der Waals surface area contributed by atoms with Crippen molar-refractivity contribution in [1.82, 2.24) is 4.98 Å². The van der Waals surface area contributed by atoms with Gasteiger partial charge in [-0.1, -0.05) is 29.8 Å². The summed E-state index contributed by atoms with van der Waals surface area (Å²) < 4.78 is 0. The number of nitrogens with zero attached hydrogens (tertiary/aromatic N) is 1. The third kappa shape index (κ3) is 3.05. The second kappa shape index (κ2) is 5.80. The molecule has 0 aliphatic rings. The standard InChI is InChI=1S/C14H15ClN2/c15-12-6-4-11(5-7-12)13(8-9-16)14-3-1-2-10-17-14/h1-7,10,13H,8-9,16H2/t13-/m0/s1. The summed E-state index contributed by atoms with van der Waals surface area (Å²) in [5.41, 5.74) is 7.94. The van der Waals surface area contributed by atoms with Crippen molar-refractivity contribution in [3.63, 3.8) is 0 Å². The lowest BCUT2D eigenvalue weighted by atomic mass is 9.92. The van der Waals surface area contributed by atoms with Crippen LogP contribution in [0.25, 0.3) is 0 Å². The van der Waals surface area contributed by atoms with Crippen LogP contribution in [-0.2, 0) is 0 Å². The van der Waals surface area contributed by atoms with Crippen molar-refractivity contribution in [1.29, 1.82) is 0 Å². The van der Waals surface area contributed by atoms with E-state index in [1.807, 2.05) is 48.7 Å². The predicted octanol–water partition coefficient (Wildman–Crippen LogP) is 3.22. The summed E-state index contributed by atoms with van der Waals surface area (Å²) in [5, 5.41) is 0.751. The quantitative estimate of drug-likeness (QED) is 0.900. The molecule has 0 amide bonds. The van der Waals surface area contributed by atoms with Gasteiger partial charge in [-0.2, -0.15) is 0 Å². The van der Waals surface area contributed by atoms with Crippen molar-refractivity contribution in [3.8, 4) is 0 Å². The van der Waals surface area contributed by atoms with Crippen LogP contribution in [0.1, 0.15) is 23.6 Å². The van der Waals surface area contributed by atoms with Gasteiger partial charge in [-0.05, 0) is 42.8 Å². The van der Waals surface area contributed by atoms with E-state index in [0.29, 0.717) is 6.54 Å². The molecule has 1 atom stereocenters. The van der Waals surface area contributed by atoms with Gasteiger partial charge < -0.3 is 5.73 Å². The summed E-state index contributed by atoms with van der Waals surface area (Å²) in [7, 11) is 0. The first-order valence-electron chi connectivity index (χ1n) is 5.67. The smallest absolute Gasteiger partial charge is 0.0478 e. The predicted molar refractivity (Wildman–Crippen MR) is 71.2 cm³/mol. The van der Waals surface area contributed by atoms with Gasteiger partial charge in [0.2, 0.25) is 0 Å². The van der Waals surface area contributed by atoms with Gasteiger partial charge in [0.1, 0.15) is 0 Å². The molecule has 2 N–H and O–H groups in total. The summed E-state index contributed by atoms with van der Waals surface area (Å²) >= 11 is 5.90. The number of benzene rings is 1. The van der Waals surface area contributed by atoms with Crippen LogP contribution in [0.2, 0.25) is 5.02 Å². The minimum Gasteiger partial charge on any atom is -0.330 e. The molecule has 0 spiro atoms. The van der Waals surface area contributed by atoms with Gasteiger partial charge in [0.25, 0.3) is 0 Å². The minimum absolute atomic E-state index is 0.249. The molecule has 0 aliphatic carbocycles. The highest BCUT2D eigenvalue weighted by atomic mass is 35.5. The van der Waals surface area contributed by atoms with Gasteiger partial charge in [0.05, 0.1) is 0 Å². The van der Waals surface area contributed by atoms with Crippen LogP contribution >= 0.6 is 11.6 Å². The van der Waals surface area contributed by atoms with E-state index in [-0.39, 0.29) is 5.92 Å². The van der Waals surface area contributed by atoms with E-state index in [1.165, 1.54) is 5.56 Å². The fourth-order valence-electron chi connectivity index (χ4n) is 1.93. The lowest BCUT2D eigenvalue weighted by molar-refractivity contribution is 0.706. The van der Waals surface area contributed by atoms with Gasteiger partial charge in [-0.25, -0.2) is 0 Å². The Morgan fingerprint density at radius 2 is 1.88 bits per heavy atom. The molecule has 0 fully saturated rings. The van der Waals surface area contributed by atoms with Gasteiger partial charge in [0, 0.05) is 22.8 Å². The number of pyridine rings is 1. The fourth-order valence-corrected chi connectivity index (χ4v) is 2.06. The second-order valence-corrected chi connectivity index (χ2v) is 4.37. The highest BCUT2D eigenvalue weighted by Crippen LogP contribution is 2.26. The van der Waals surface area contributed by atoms with Gasteiger partial charge in [-0.3, -0.25) is 4.98 Å². The molecular formula is C14H15ClN2.